The molecule has 3 aliphatic heterocycles. The second kappa shape index (κ2) is 7.08. The van der Waals surface area contributed by atoms with Gasteiger partial charge >= 0.3 is 0 Å². The Hall–Kier alpha value is -2.90. The van der Waals surface area contributed by atoms with Gasteiger partial charge in [-0.1, -0.05) is 17.7 Å². The zero-order chi connectivity index (χ0) is 24.9. The summed E-state index contributed by atoms with van der Waals surface area (Å²) in [5.41, 5.74) is -0.764. The van der Waals surface area contributed by atoms with Crippen molar-refractivity contribution in [3.8, 4) is 17.2 Å². The predicted molar refractivity (Wildman–Crippen MR) is 128 cm³/mol. The van der Waals surface area contributed by atoms with Gasteiger partial charge in [-0.2, -0.15) is 0 Å². The zero-order valence-corrected chi connectivity index (χ0v) is 20.6. The van der Waals surface area contributed by atoms with Crippen molar-refractivity contribution in [3.05, 3.63) is 46.6 Å². The Morgan fingerprint density at radius 3 is 2.71 bits per heavy atom. The lowest BCUT2D eigenvalue weighted by Crippen LogP contribution is -2.74. The van der Waals surface area contributed by atoms with E-state index in [-0.39, 0.29) is 36.6 Å². The highest BCUT2D eigenvalue weighted by atomic mass is 16.6. The van der Waals surface area contributed by atoms with Crippen LogP contribution < -0.4 is 14.2 Å². The van der Waals surface area contributed by atoms with Gasteiger partial charge in [-0.15, -0.1) is 0 Å². The van der Waals surface area contributed by atoms with Crippen LogP contribution in [0.15, 0.2) is 35.4 Å². The Balaban J connectivity index is 1.64. The molecule has 6 aliphatic rings. The number of ether oxygens (including phenoxy) is 4. The summed E-state index contributed by atoms with van der Waals surface area (Å²) in [5, 5.41) is 10.3. The van der Waals surface area contributed by atoms with Crippen molar-refractivity contribution in [2.45, 2.75) is 50.9 Å². The van der Waals surface area contributed by atoms with Crippen molar-refractivity contribution < 1.29 is 33.6 Å². The van der Waals surface area contributed by atoms with Crippen LogP contribution in [0.1, 0.15) is 50.0 Å². The van der Waals surface area contributed by atoms with E-state index < -0.39 is 22.7 Å². The fourth-order valence-electron chi connectivity index (χ4n) is 6.68. The molecule has 35 heavy (non-hydrogen) atoms. The summed E-state index contributed by atoms with van der Waals surface area (Å²) >= 11 is 0. The number of aliphatic hydroxyl groups is 1. The van der Waals surface area contributed by atoms with Gasteiger partial charge in [0.1, 0.15) is 28.4 Å². The van der Waals surface area contributed by atoms with Crippen molar-refractivity contribution in [2.75, 3.05) is 20.3 Å². The highest BCUT2D eigenvalue weighted by molar-refractivity contribution is 6.18. The van der Waals surface area contributed by atoms with Crippen molar-refractivity contribution >= 4 is 17.6 Å². The van der Waals surface area contributed by atoms with Gasteiger partial charge in [0.2, 0.25) is 0 Å². The Kier molecular flexibility index (Phi) is 4.56. The van der Waals surface area contributed by atoms with Crippen LogP contribution in [0.4, 0.5) is 0 Å². The van der Waals surface area contributed by atoms with Crippen LogP contribution in [0, 0.1) is 17.8 Å². The van der Waals surface area contributed by atoms with Crippen molar-refractivity contribution in [1.29, 1.82) is 0 Å². The maximum Gasteiger partial charge on any atom is 0.200 e. The zero-order valence-electron chi connectivity index (χ0n) is 20.6. The Labute approximate surface area is 204 Å². The fraction of sp³-hybridized carbons (Fsp3) is 0.500. The minimum absolute atomic E-state index is 0.132. The fourth-order valence-corrected chi connectivity index (χ4v) is 6.68. The van der Waals surface area contributed by atoms with Gasteiger partial charge < -0.3 is 24.1 Å². The second-order valence-corrected chi connectivity index (χ2v) is 10.9. The number of fused-ring (bicyclic) bond motifs is 3. The standard InChI is InChI=1S/C28H30O7/c1-14(2)6-9-27-25(31)16-10-18-23(30)22-21(32-5)11-20-15(7-8-26(3,4)34-20)24(22)35-28(18,27)19(13-33-27)17(16)12-29/h6-8,10-11,16-17,19,29H,9,12-13H2,1-5H3. The predicted octanol–water partition coefficient (Wildman–Crippen LogP) is 3.68. The molecular weight excluding hydrogens is 448 g/mol. The van der Waals surface area contributed by atoms with Gasteiger partial charge in [0.05, 0.1) is 19.3 Å². The van der Waals surface area contributed by atoms with Crippen molar-refractivity contribution in [1.82, 2.24) is 0 Å². The minimum Gasteiger partial charge on any atom is -0.496 e. The van der Waals surface area contributed by atoms with E-state index in [0.717, 1.165) is 5.57 Å². The lowest BCUT2D eigenvalue weighted by Gasteiger charge is -2.58. The minimum atomic E-state index is -1.34. The summed E-state index contributed by atoms with van der Waals surface area (Å²) in [5.74, 6) is -0.427. The first-order chi connectivity index (χ1) is 16.6. The Morgan fingerprint density at radius 1 is 1.26 bits per heavy atom. The second-order valence-electron chi connectivity index (χ2n) is 10.9. The van der Waals surface area contributed by atoms with E-state index in [1.54, 1.807) is 12.1 Å². The molecule has 1 aromatic carbocycles. The van der Waals surface area contributed by atoms with Gasteiger partial charge in [-0.3, -0.25) is 9.59 Å². The first-order valence-corrected chi connectivity index (χ1v) is 12.1. The molecule has 7 rings (SSSR count). The van der Waals surface area contributed by atoms with Crippen LogP contribution in [0.3, 0.4) is 0 Å². The van der Waals surface area contributed by atoms with Crippen LogP contribution in [0.25, 0.3) is 6.08 Å². The molecule has 3 aliphatic carbocycles. The van der Waals surface area contributed by atoms with Crippen LogP contribution in [-0.4, -0.2) is 53.8 Å². The van der Waals surface area contributed by atoms with E-state index in [4.69, 9.17) is 18.9 Å². The molecule has 1 aromatic rings. The summed E-state index contributed by atoms with van der Waals surface area (Å²) < 4.78 is 25.1. The third kappa shape index (κ3) is 2.63. The van der Waals surface area contributed by atoms with Gasteiger partial charge in [-0.25, -0.2) is 0 Å². The van der Waals surface area contributed by atoms with Gasteiger partial charge in [0.25, 0.3) is 0 Å². The molecule has 7 nitrogen and oxygen atoms in total. The molecule has 3 heterocycles. The summed E-state index contributed by atoms with van der Waals surface area (Å²) in [4.78, 5) is 28.1. The molecule has 1 N–H and O–H groups in total. The molecule has 4 bridgehead atoms. The van der Waals surface area contributed by atoms with Crippen LogP contribution in [0.2, 0.25) is 0 Å². The summed E-state index contributed by atoms with van der Waals surface area (Å²) in [6.07, 6.45) is 7.81. The maximum absolute atomic E-state index is 14.2. The molecule has 1 spiro atoms. The number of Topliss-reactive ketones (excluding diaryl/α,β-unsaturated/α-hetero) is 2. The van der Waals surface area contributed by atoms with Gasteiger partial charge in [0, 0.05) is 42.4 Å². The summed E-state index contributed by atoms with van der Waals surface area (Å²) in [6.45, 7) is 7.86. The molecule has 5 atom stereocenters. The quantitative estimate of drug-likeness (QED) is 0.660. The molecule has 2 fully saturated rings. The monoisotopic (exact) mass is 478 g/mol. The van der Waals surface area contributed by atoms with Crippen molar-refractivity contribution in [2.24, 2.45) is 17.8 Å². The number of aliphatic hydroxyl groups excluding tert-OH is 1. The molecule has 5 unspecified atom stereocenters. The normalized spacial score (nSPS) is 34.8. The third-order valence-electron chi connectivity index (χ3n) is 8.29. The topological polar surface area (TPSA) is 91.3 Å². The maximum atomic E-state index is 14.2. The summed E-state index contributed by atoms with van der Waals surface area (Å²) in [7, 11) is 1.51. The van der Waals surface area contributed by atoms with E-state index in [1.807, 2.05) is 45.9 Å². The molecule has 0 aromatic heterocycles. The molecule has 184 valence electrons. The molecule has 0 amide bonds. The third-order valence-corrected chi connectivity index (χ3v) is 8.29. The average molecular weight is 479 g/mol. The van der Waals surface area contributed by atoms with Gasteiger partial charge in [0.15, 0.2) is 22.8 Å². The van der Waals surface area contributed by atoms with E-state index >= 15 is 0 Å². The van der Waals surface area contributed by atoms with E-state index in [0.29, 0.717) is 40.4 Å². The number of methoxy groups -OCH3 is 1. The largest absolute Gasteiger partial charge is 0.496 e. The van der Waals surface area contributed by atoms with Crippen LogP contribution in [0.5, 0.6) is 17.2 Å². The lowest BCUT2D eigenvalue weighted by molar-refractivity contribution is -0.172. The number of carbonyl (C=O) groups excluding carboxylic acids is 2. The van der Waals surface area contributed by atoms with Crippen LogP contribution >= 0.6 is 0 Å². The molecule has 1 saturated heterocycles. The van der Waals surface area contributed by atoms with Crippen LogP contribution in [-0.2, 0) is 9.53 Å². The van der Waals surface area contributed by atoms with Gasteiger partial charge in [-0.05, 0) is 39.8 Å². The lowest BCUT2D eigenvalue weighted by atomic mass is 9.49. The highest BCUT2D eigenvalue weighted by Gasteiger charge is 2.79. The van der Waals surface area contributed by atoms with E-state index in [1.165, 1.54) is 7.11 Å². The molecule has 1 saturated carbocycles. The number of rotatable bonds is 4. The smallest absolute Gasteiger partial charge is 0.200 e. The average Bonchev–Trinajstić information content (AvgIpc) is 3.09. The van der Waals surface area contributed by atoms with E-state index in [9.17, 15) is 14.7 Å². The first kappa shape index (κ1) is 22.6. The van der Waals surface area contributed by atoms with E-state index in [2.05, 4.69) is 0 Å². The number of allylic oxidation sites excluding steroid dienone is 2. The Morgan fingerprint density at radius 2 is 2.03 bits per heavy atom. The molecular formula is C28H30O7. The summed E-state index contributed by atoms with van der Waals surface area (Å²) in [6, 6.07) is 1.73. The number of carbonyl (C=O) groups is 2. The molecule has 7 heteroatoms. The highest BCUT2D eigenvalue weighted by Crippen LogP contribution is 2.66. The number of hydrogen-bond donors (Lipinski definition) is 1. The SMILES string of the molecule is COc1cc2c(c3c1C(=O)C1=CC4C(=O)C5(CC=C(C)C)OCC(C4CO)C15O3)C=CC(C)(C)O2. The molecule has 0 radical (unpaired) electrons. The number of benzene rings is 1. The number of hydrogen-bond acceptors (Lipinski definition) is 7. The van der Waals surface area contributed by atoms with Crippen molar-refractivity contribution in [3.63, 3.8) is 0 Å². The first-order valence-electron chi connectivity index (χ1n) is 12.1. The Bertz CT molecular complexity index is 1260. The number of ketones is 2.